The van der Waals surface area contributed by atoms with Gasteiger partial charge in [-0.05, 0) is 55.8 Å². The lowest BCUT2D eigenvalue weighted by atomic mass is 10.0. The third-order valence-electron chi connectivity index (χ3n) is 3.84. The van der Waals surface area contributed by atoms with Crippen LogP contribution >= 0.6 is 11.3 Å². The molecule has 0 amide bonds. The second-order valence-electron chi connectivity index (χ2n) is 5.33. The van der Waals surface area contributed by atoms with E-state index in [2.05, 4.69) is 61.4 Å². The van der Waals surface area contributed by atoms with Crippen molar-refractivity contribution < 1.29 is 0 Å². The van der Waals surface area contributed by atoms with Gasteiger partial charge in [0.05, 0.1) is 11.6 Å². The number of pyridine rings is 1. The molecule has 2 aromatic heterocycles. The highest BCUT2D eigenvalue weighted by molar-refractivity contribution is 7.12. The average molecular weight is 296 g/mol. The van der Waals surface area contributed by atoms with Crippen LogP contribution in [0.5, 0.6) is 0 Å². The number of aryl methyl sites for hydroxylation is 2. The van der Waals surface area contributed by atoms with Gasteiger partial charge in [0.15, 0.2) is 0 Å². The van der Waals surface area contributed by atoms with E-state index in [1.54, 1.807) is 0 Å². The zero-order valence-electron chi connectivity index (χ0n) is 12.7. The first-order chi connectivity index (χ1) is 10.2. The molecule has 3 rings (SSSR count). The zero-order valence-corrected chi connectivity index (χ0v) is 13.5. The first-order valence-electron chi connectivity index (χ1n) is 7.34. The molecule has 0 aliphatic heterocycles. The third-order valence-corrected chi connectivity index (χ3v) is 5.06. The summed E-state index contributed by atoms with van der Waals surface area (Å²) in [7, 11) is 0. The smallest absolute Gasteiger partial charge is 0.0702 e. The van der Waals surface area contributed by atoms with E-state index < -0.39 is 0 Å². The maximum Gasteiger partial charge on any atom is 0.0702 e. The second kappa shape index (κ2) is 5.96. The highest BCUT2D eigenvalue weighted by Crippen LogP contribution is 2.31. The second-order valence-corrected chi connectivity index (χ2v) is 6.62. The van der Waals surface area contributed by atoms with E-state index in [0.717, 1.165) is 12.1 Å². The van der Waals surface area contributed by atoms with Crippen LogP contribution in [-0.2, 0) is 0 Å². The van der Waals surface area contributed by atoms with Crippen molar-refractivity contribution in [1.29, 1.82) is 0 Å². The Morgan fingerprint density at radius 3 is 2.76 bits per heavy atom. The van der Waals surface area contributed by atoms with Crippen molar-refractivity contribution in [2.75, 3.05) is 6.54 Å². The predicted octanol–water partition coefficient (Wildman–Crippen LogP) is 4.61. The van der Waals surface area contributed by atoms with Crippen molar-refractivity contribution in [3.63, 3.8) is 0 Å². The van der Waals surface area contributed by atoms with Gasteiger partial charge in [-0.1, -0.05) is 19.1 Å². The third kappa shape index (κ3) is 2.85. The van der Waals surface area contributed by atoms with Gasteiger partial charge in [0.25, 0.3) is 0 Å². The van der Waals surface area contributed by atoms with Crippen LogP contribution in [0.25, 0.3) is 10.9 Å². The van der Waals surface area contributed by atoms with Gasteiger partial charge >= 0.3 is 0 Å². The number of hydrogen-bond donors (Lipinski definition) is 1. The molecular weight excluding hydrogens is 276 g/mol. The van der Waals surface area contributed by atoms with E-state index in [1.165, 1.54) is 26.3 Å². The normalized spacial score (nSPS) is 12.7. The number of thiophene rings is 1. The molecule has 0 spiro atoms. The van der Waals surface area contributed by atoms with Crippen LogP contribution in [0.4, 0.5) is 0 Å². The van der Waals surface area contributed by atoms with E-state index >= 15 is 0 Å². The molecule has 1 aromatic carbocycles. The van der Waals surface area contributed by atoms with Crippen LogP contribution in [0, 0.1) is 13.8 Å². The molecule has 3 aromatic rings. The first kappa shape index (κ1) is 14.2. The van der Waals surface area contributed by atoms with E-state index in [0.29, 0.717) is 0 Å². The van der Waals surface area contributed by atoms with Crippen molar-refractivity contribution in [1.82, 2.24) is 10.3 Å². The van der Waals surface area contributed by atoms with E-state index in [4.69, 9.17) is 0 Å². The summed E-state index contributed by atoms with van der Waals surface area (Å²) >= 11 is 1.88. The summed E-state index contributed by atoms with van der Waals surface area (Å²) in [5.41, 5.74) is 3.73. The molecule has 1 N–H and O–H groups in total. The van der Waals surface area contributed by atoms with E-state index in [-0.39, 0.29) is 6.04 Å². The summed E-state index contributed by atoms with van der Waals surface area (Å²) in [5.74, 6) is 0. The lowest BCUT2D eigenvalue weighted by Gasteiger charge is -2.17. The summed E-state index contributed by atoms with van der Waals surface area (Å²) in [5, 5.41) is 4.81. The van der Waals surface area contributed by atoms with Gasteiger partial charge in [-0.25, -0.2) is 0 Å². The van der Waals surface area contributed by atoms with Crippen LogP contribution in [0.15, 0.2) is 42.6 Å². The molecule has 0 aliphatic carbocycles. The molecule has 0 radical (unpaired) electrons. The van der Waals surface area contributed by atoms with Crippen molar-refractivity contribution in [2.45, 2.75) is 26.8 Å². The largest absolute Gasteiger partial charge is 0.306 e. The molecule has 1 unspecified atom stereocenters. The van der Waals surface area contributed by atoms with Crippen molar-refractivity contribution in [2.24, 2.45) is 0 Å². The van der Waals surface area contributed by atoms with Crippen LogP contribution in [0.3, 0.4) is 0 Å². The van der Waals surface area contributed by atoms with E-state index in [9.17, 15) is 0 Å². The highest BCUT2D eigenvalue weighted by Gasteiger charge is 2.16. The lowest BCUT2D eigenvalue weighted by molar-refractivity contribution is 0.640. The Bertz CT molecular complexity index is 741. The number of fused-ring (bicyclic) bond motifs is 1. The van der Waals surface area contributed by atoms with Crippen molar-refractivity contribution in [3.05, 3.63) is 63.5 Å². The number of nitrogens with one attached hydrogen (secondary N) is 1. The Morgan fingerprint density at radius 1 is 1.19 bits per heavy atom. The van der Waals surface area contributed by atoms with Gasteiger partial charge in [-0.2, -0.15) is 0 Å². The fourth-order valence-corrected chi connectivity index (χ4v) is 3.75. The molecule has 0 aliphatic rings. The Morgan fingerprint density at radius 2 is 2.05 bits per heavy atom. The number of rotatable bonds is 4. The summed E-state index contributed by atoms with van der Waals surface area (Å²) in [6.45, 7) is 7.48. The maximum atomic E-state index is 4.40. The van der Waals surface area contributed by atoms with Gasteiger partial charge in [-0.15, -0.1) is 11.3 Å². The monoisotopic (exact) mass is 296 g/mol. The quantitative estimate of drug-likeness (QED) is 0.760. The molecule has 3 heteroatoms. The van der Waals surface area contributed by atoms with Crippen LogP contribution in [0.2, 0.25) is 0 Å². The fraction of sp³-hybridized carbons (Fsp3) is 0.278. The average Bonchev–Trinajstić information content (AvgIpc) is 2.83. The molecular formula is C18H20N2S. The number of aromatic nitrogens is 1. The number of benzene rings is 1. The molecule has 0 bridgehead atoms. The Hall–Kier alpha value is -1.71. The SMILES string of the molecule is CCNC(c1ccc2ncccc2c1)c1cc(C)c(C)s1. The number of hydrogen-bond acceptors (Lipinski definition) is 3. The van der Waals surface area contributed by atoms with Crippen LogP contribution < -0.4 is 5.32 Å². The van der Waals surface area contributed by atoms with Crippen molar-refractivity contribution >= 4 is 22.2 Å². The van der Waals surface area contributed by atoms with Gasteiger partial charge in [0.2, 0.25) is 0 Å². The molecule has 0 saturated carbocycles. The highest BCUT2D eigenvalue weighted by atomic mass is 32.1. The summed E-state index contributed by atoms with van der Waals surface area (Å²) in [6, 6.07) is 13.2. The summed E-state index contributed by atoms with van der Waals surface area (Å²) in [6.07, 6.45) is 1.84. The lowest BCUT2D eigenvalue weighted by Crippen LogP contribution is -2.21. The first-order valence-corrected chi connectivity index (χ1v) is 8.15. The topological polar surface area (TPSA) is 24.9 Å². The Labute approximate surface area is 129 Å². The van der Waals surface area contributed by atoms with Gasteiger partial charge in [0.1, 0.15) is 0 Å². The molecule has 2 nitrogen and oxygen atoms in total. The minimum absolute atomic E-state index is 0.261. The van der Waals surface area contributed by atoms with E-state index in [1.807, 2.05) is 23.6 Å². The zero-order chi connectivity index (χ0) is 14.8. The van der Waals surface area contributed by atoms with Crippen LogP contribution in [0.1, 0.15) is 33.8 Å². The molecule has 0 fully saturated rings. The molecule has 2 heterocycles. The minimum Gasteiger partial charge on any atom is -0.306 e. The van der Waals surface area contributed by atoms with Crippen molar-refractivity contribution in [3.8, 4) is 0 Å². The maximum absolute atomic E-state index is 4.40. The fourth-order valence-electron chi connectivity index (χ4n) is 2.60. The summed E-state index contributed by atoms with van der Waals surface area (Å²) in [4.78, 5) is 7.18. The minimum atomic E-state index is 0.261. The number of nitrogens with zero attached hydrogens (tertiary/aromatic N) is 1. The molecule has 0 saturated heterocycles. The molecule has 108 valence electrons. The Kier molecular flexibility index (Phi) is 4.04. The standard InChI is InChI=1S/C18H20N2S/c1-4-19-18(17-10-12(2)13(3)21-17)15-7-8-16-14(11-15)6-5-9-20-16/h5-11,18-19H,4H2,1-3H3. The molecule has 21 heavy (non-hydrogen) atoms. The van der Waals surface area contributed by atoms with Gasteiger partial charge in [-0.3, -0.25) is 4.98 Å². The van der Waals surface area contributed by atoms with Crippen LogP contribution in [-0.4, -0.2) is 11.5 Å². The predicted molar refractivity (Wildman–Crippen MR) is 91.1 cm³/mol. The van der Waals surface area contributed by atoms with Gasteiger partial charge in [0, 0.05) is 21.3 Å². The Balaban J connectivity index is 2.06. The summed E-state index contributed by atoms with van der Waals surface area (Å²) < 4.78 is 0. The molecule has 1 atom stereocenters. The van der Waals surface area contributed by atoms with Gasteiger partial charge < -0.3 is 5.32 Å².